The van der Waals surface area contributed by atoms with E-state index in [-0.39, 0.29) is 24.4 Å². The molecule has 0 aliphatic heterocycles. The van der Waals surface area contributed by atoms with Crippen molar-refractivity contribution in [1.82, 2.24) is 5.32 Å². The molecule has 2 atom stereocenters. The van der Waals surface area contributed by atoms with E-state index in [1.54, 1.807) is 18.3 Å². The molecule has 1 amide bonds. The minimum atomic E-state index is -0.433. The molecule has 0 radical (unpaired) electrons. The van der Waals surface area contributed by atoms with Crippen molar-refractivity contribution in [3.05, 3.63) is 21.9 Å². The van der Waals surface area contributed by atoms with Gasteiger partial charge in [-0.15, -0.1) is 23.7 Å². The summed E-state index contributed by atoms with van der Waals surface area (Å²) in [6.07, 6.45) is 0.872. The molecular weight excluding hydrogens is 244 g/mol. The van der Waals surface area contributed by atoms with Crippen molar-refractivity contribution in [2.45, 2.75) is 39.3 Å². The van der Waals surface area contributed by atoms with Crippen LogP contribution in [0.4, 0.5) is 0 Å². The third kappa shape index (κ3) is 4.96. The number of carbonyl (C=O) groups is 1. The topological polar surface area (TPSA) is 55.1 Å². The van der Waals surface area contributed by atoms with Crippen molar-refractivity contribution >= 4 is 29.7 Å². The van der Waals surface area contributed by atoms with E-state index in [0.717, 1.165) is 6.42 Å². The van der Waals surface area contributed by atoms with Crippen LogP contribution in [0.5, 0.6) is 0 Å². The Morgan fingerprint density at radius 1 is 1.50 bits per heavy atom. The second-order valence-corrected chi connectivity index (χ2v) is 5.29. The van der Waals surface area contributed by atoms with Crippen molar-refractivity contribution < 1.29 is 4.79 Å². The maximum atomic E-state index is 11.3. The number of thiophene rings is 1. The molecule has 0 aromatic carbocycles. The zero-order chi connectivity index (χ0) is 11.4. The van der Waals surface area contributed by atoms with Gasteiger partial charge in [-0.1, -0.05) is 0 Å². The van der Waals surface area contributed by atoms with E-state index in [2.05, 4.69) is 24.4 Å². The van der Waals surface area contributed by atoms with Crippen molar-refractivity contribution in [3.63, 3.8) is 0 Å². The van der Waals surface area contributed by atoms with Gasteiger partial charge in [0, 0.05) is 22.2 Å². The van der Waals surface area contributed by atoms with E-state index >= 15 is 0 Å². The predicted octanol–water partition coefficient (Wildman–Crippen LogP) is 1.87. The number of carbonyl (C=O) groups excluding carboxylic acids is 1. The van der Waals surface area contributed by atoms with E-state index in [1.807, 2.05) is 6.92 Å². The first-order valence-corrected chi connectivity index (χ1v) is 5.92. The van der Waals surface area contributed by atoms with Gasteiger partial charge in [-0.3, -0.25) is 4.79 Å². The summed E-state index contributed by atoms with van der Waals surface area (Å²) in [7, 11) is 0. The van der Waals surface area contributed by atoms with Gasteiger partial charge in [0.1, 0.15) is 0 Å². The highest BCUT2D eigenvalue weighted by Crippen LogP contribution is 2.16. The van der Waals surface area contributed by atoms with Gasteiger partial charge in [0.2, 0.25) is 5.91 Å². The quantitative estimate of drug-likeness (QED) is 0.871. The Morgan fingerprint density at radius 2 is 2.12 bits per heavy atom. The van der Waals surface area contributed by atoms with Crippen LogP contribution in [0, 0.1) is 6.92 Å². The summed E-state index contributed by atoms with van der Waals surface area (Å²) in [5.74, 6) is -0.0872. The zero-order valence-electron chi connectivity index (χ0n) is 9.82. The second-order valence-electron chi connectivity index (χ2n) is 3.91. The SMILES string of the molecule is Cc1ccc(CC(C)NC(=O)[C@H](C)N)s1.Cl. The minimum absolute atomic E-state index is 0. The lowest BCUT2D eigenvalue weighted by atomic mass is 10.2. The van der Waals surface area contributed by atoms with Crippen molar-refractivity contribution in [3.8, 4) is 0 Å². The van der Waals surface area contributed by atoms with Crippen LogP contribution in [-0.4, -0.2) is 18.0 Å². The summed E-state index contributed by atoms with van der Waals surface area (Å²) in [6.45, 7) is 5.77. The molecule has 1 rings (SSSR count). The summed E-state index contributed by atoms with van der Waals surface area (Å²) >= 11 is 1.77. The van der Waals surface area contributed by atoms with Crippen LogP contribution in [0.2, 0.25) is 0 Å². The Balaban J connectivity index is 0.00000225. The largest absolute Gasteiger partial charge is 0.352 e. The molecule has 0 saturated carbocycles. The van der Waals surface area contributed by atoms with Crippen LogP contribution in [-0.2, 0) is 11.2 Å². The molecule has 16 heavy (non-hydrogen) atoms. The average Bonchev–Trinajstić information content (AvgIpc) is 2.50. The molecular formula is C11H19ClN2OS. The van der Waals surface area contributed by atoms with E-state index in [4.69, 9.17) is 5.73 Å². The summed E-state index contributed by atoms with van der Waals surface area (Å²) < 4.78 is 0. The second kappa shape index (κ2) is 6.89. The van der Waals surface area contributed by atoms with Gasteiger partial charge in [-0.2, -0.15) is 0 Å². The lowest BCUT2D eigenvalue weighted by molar-refractivity contribution is -0.122. The van der Waals surface area contributed by atoms with Gasteiger partial charge in [-0.25, -0.2) is 0 Å². The van der Waals surface area contributed by atoms with Gasteiger partial charge < -0.3 is 11.1 Å². The fraction of sp³-hybridized carbons (Fsp3) is 0.545. The molecule has 0 spiro atoms. The Morgan fingerprint density at radius 3 is 2.56 bits per heavy atom. The average molecular weight is 263 g/mol. The van der Waals surface area contributed by atoms with Gasteiger partial charge in [0.05, 0.1) is 6.04 Å². The molecule has 1 aromatic rings. The van der Waals surface area contributed by atoms with Gasteiger partial charge in [0.25, 0.3) is 0 Å². The van der Waals surface area contributed by atoms with E-state index in [9.17, 15) is 4.79 Å². The maximum Gasteiger partial charge on any atom is 0.236 e. The number of amides is 1. The highest BCUT2D eigenvalue weighted by molar-refractivity contribution is 7.11. The third-order valence-electron chi connectivity index (χ3n) is 2.11. The van der Waals surface area contributed by atoms with Crippen molar-refractivity contribution in [2.75, 3.05) is 0 Å². The first kappa shape index (κ1) is 15.4. The zero-order valence-corrected chi connectivity index (χ0v) is 11.5. The molecule has 0 saturated heterocycles. The number of nitrogens with one attached hydrogen (secondary N) is 1. The van der Waals surface area contributed by atoms with Crippen LogP contribution in [0.15, 0.2) is 12.1 Å². The van der Waals surface area contributed by atoms with Crippen LogP contribution < -0.4 is 11.1 Å². The maximum absolute atomic E-state index is 11.3. The number of hydrogen-bond acceptors (Lipinski definition) is 3. The highest BCUT2D eigenvalue weighted by atomic mass is 35.5. The highest BCUT2D eigenvalue weighted by Gasteiger charge is 2.11. The summed E-state index contributed by atoms with van der Waals surface area (Å²) in [6, 6.07) is 3.91. The molecule has 1 aromatic heterocycles. The molecule has 0 aliphatic carbocycles. The number of aryl methyl sites for hydroxylation is 1. The summed E-state index contributed by atoms with van der Waals surface area (Å²) in [5.41, 5.74) is 5.47. The third-order valence-corrected chi connectivity index (χ3v) is 3.13. The molecule has 3 nitrogen and oxygen atoms in total. The van der Waals surface area contributed by atoms with Crippen LogP contribution in [0.1, 0.15) is 23.6 Å². The van der Waals surface area contributed by atoms with Crippen LogP contribution in [0.3, 0.4) is 0 Å². The Hall–Kier alpha value is -0.580. The van der Waals surface area contributed by atoms with Gasteiger partial charge in [-0.05, 0) is 32.9 Å². The fourth-order valence-electron chi connectivity index (χ4n) is 1.32. The van der Waals surface area contributed by atoms with E-state index in [0.29, 0.717) is 0 Å². The number of nitrogens with two attached hydrogens (primary N) is 1. The normalized spacial score (nSPS) is 13.8. The molecule has 0 fully saturated rings. The molecule has 3 N–H and O–H groups in total. The molecule has 92 valence electrons. The van der Waals surface area contributed by atoms with Crippen molar-refractivity contribution in [2.24, 2.45) is 5.73 Å². The van der Waals surface area contributed by atoms with E-state index < -0.39 is 6.04 Å². The summed E-state index contributed by atoms with van der Waals surface area (Å²) in [5, 5.41) is 2.88. The monoisotopic (exact) mass is 262 g/mol. The Bertz CT molecular complexity index is 338. The summed E-state index contributed by atoms with van der Waals surface area (Å²) in [4.78, 5) is 13.9. The van der Waals surface area contributed by atoms with Gasteiger partial charge in [0.15, 0.2) is 0 Å². The van der Waals surface area contributed by atoms with Gasteiger partial charge >= 0.3 is 0 Å². The number of rotatable bonds is 4. The Labute approximate surface area is 107 Å². The standard InChI is InChI=1S/C11H18N2OS.ClH/c1-7(13-11(14)9(3)12)6-10-5-4-8(2)15-10;/h4-5,7,9H,6,12H2,1-3H3,(H,13,14);1H/t7?,9-;/m0./s1. The first-order valence-electron chi connectivity index (χ1n) is 5.10. The van der Waals surface area contributed by atoms with Crippen molar-refractivity contribution in [1.29, 1.82) is 0 Å². The lowest BCUT2D eigenvalue weighted by Gasteiger charge is -2.14. The molecule has 1 unspecified atom stereocenters. The first-order chi connectivity index (χ1) is 6.99. The van der Waals surface area contributed by atoms with Crippen LogP contribution in [0.25, 0.3) is 0 Å². The van der Waals surface area contributed by atoms with Crippen LogP contribution >= 0.6 is 23.7 Å². The van der Waals surface area contributed by atoms with E-state index in [1.165, 1.54) is 9.75 Å². The molecule has 5 heteroatoms. The number of halogens is 1. The fourth-order valence-corrected chi connectivity index (χ4v) is 2.34. The smallest absolute Gasteiger partial charge is 0.236 e. The Kier molecular flexibility index (Phi) is 6.64. The number of hydrogen-bond donors (Lipinski definition) is 2. The molecule has 0 bridgehead atoms. The predicted molar refractivity (Wildman–Crippen MR) is 71.3 cm³/mol. The lowest BCUT2D eigenvalue weighted by Crippen LogP contribution is -2.43. The minimum Gasteiger partial charge on any atom is -0.352 e. The molecule has 0 aliphatic rings. The molecule has 1 heterocycles.